The van der Waals surface area contributed by atoms with Crippen molar-refractivity contribution in [3.8, 4) is 0 Å². The van der Waals surface area contributed by atoms with E-state index in [0.717, 1.165) is 41.2 Å². The second-order valence-corrected chi connectivity index (χ2v) is 5.81. The predicted octanol–water partition coefficient (Wildman–Crippen LogP) is 1.70. The van der Waals surface area contributed by atoms with E-state index >= 15 is 0 Å². The van der Waals surface area contributed by atoms with Gasteiger partial charge in [0.15, 0.2) is 5.65 Å². The lowest BCUT2D eigenvalue weighted by molar-refractivity contribution is 0.591. The van der Waals surface area contributed by atoms with Gasteiger partial charge < -0.3 is 16.0 Å². The molecule has 3 heterocycles. The monoisotopic (exact) mass is 286 g/mol. The Morgan fingerprint density at radius 1 is 1.19 bits per heavy atom. The minimum Gasteiger partial charge on any atom is -0.372 e. The molecule has 6 nitrogen and oxygen atoms in total. The molecular formula is C15H22N6. The molecule has 0 bridgehead atoms. The summed E-state index contributed by atoms with van der Waals surface area (Å²) in [6.45, 7) is 8.25. The van der Waals surface area contributed by atoms with Gasteiger partial charge in [0.25, 0.3) is 0 Å². The quantitative estimate of drug-likeness (QED) is 0.797. The standard InChI is InChI=1S/C15H22N6/c1-8-5-10(3)18-14-12(8)13(16-4)20-15(21-14)19-11-7-17-6-9(11)2/h5,9,11,17H,6-7H2,1-4H3,(H2,16,18,19,20,21)/t9-,11+/m1/s1. The van der Waals surface area contributed by atoms with Crippen LogP contribution in [0.25, 0.3) is 11.0 Å². The summed E-state index contributed by atoms with van der Waals surface area (Å²) in [7, 11) is 1.88. The number of rotatable bonds is 3. The summed E-state index contributed by atoms with van der Waals surface area (Å²) in [6.07, 6.45) is 0. The van der Waals surface area contributed by atoms with Gasteiger partial charge in [-0.15, -0.1) is 0 Å². The Morgan fingerprint density at radius 3 is 2.67 bits per heavy atom. The molecule has 0 saturated carbocycles. The number of anilines is 2. The number of fused-ring (bicyclic) bond motifs is 1. The summed E-state index contributed by atoms with van der Waals surface area (Å²) in [5.41, 5.74) is 2.86. The van der Waals surface area contributed by atoms with Crippen molar-refractivity contribution in [1.29, 1.82) is 0 Å². The van der Waals surface area contributed by atoms with Gasteiger partial charge in [-0.1, -0.05) is 6.92 Å². The molecule has 1 saturated heterocycles. The molecule has 3 N–H and O–H groups in total. The van der Waals surface area contributed by atoms with Crippen LogP contribution >= 0.6 is 0 Å². The molecule has 1 aliphatic heterocycles. The van der Waals surface area contributed by atoms with E-state index in [1.807, 2.05) is 14.0 Å². The summed E-state index contributed by atoms with van der Waals surface area (Å²) in [5.74, 6) is 2.03. The third-order valence-corrected chi connectivity index (χ3v) is 4.06. The minimum atomic E-state index is 0.359. The lowest BCUT2D eigenvalue weighted by Gasteiger charge is -2.17. The second-order valence-electron chi connectivity index (χ2n) is 5.81. The fraction of sp³-hybridized carbons (Fsp3) is 0.533. The van der Waals surface area contributed by atoms with Gasteiger partial charge in [0, 0.05) is 25.3 Å². The molecule has 2 aromatic heterocycles. The molecule has 3 rings (SSSR count). The van der Waals surface area contributed by atoms with Crippen molar-refractivity contribution in [2.75, 3.05) is 30.8 Å². The van der Waals surface area contributed by atoms with E-state index in [1.54, 1.807) is 0 Å². The van der Waals surface area contributed by atoms with Crippen molar-refractivity contribution in [2.45, 2.75) is 26.8 Å². The van der Waals surface area contributed by atoms with Crippen LogP contribution < -0.4 is 16.0 Å². The van der Waals surface area contributed by atoms with Crippen molar-refractivity contribution in [2.24, 2.45) is 5.92 Å². The average Bonchev–Trinajstić information content (AvgIpc) is 2.82. The number of aromatic nitrogens is 3. The van der Waals surface area contributed by atoms with Gasteiger partial charge in [0.05, 0.1) is 5.39 Å². The SMILES string of the molecule is CNc1nc(N[C@H]2CNC[C@H]2C)nc2nc(C)cc(C)c12. The van der Waals surface area contributed by atoms with Crippen LogP contribution in [0.1, 0.15) is 18.2 Å². The van der Waals surface area contributed by atoms with Crippen molar-refractivity contribution in [1.82, 2.24) is 20.3 Å². The first-order valence-electron chi connectivity index (χ1n) is 7.39. The third kappa shape index (κ3) is 2.63. The minimum absolute atomic E-state index is 0.359. The van der Waals surface area contributed by atoms with Gasteiger partial charge in [-0.25, -0.2) is 4.98 Å². The molecule has 0 radical (unpaired) electrons. The van der Waals surface area contributed by atoms with Crippen LogP contribution in [0.4, 0.5) is 11.8 Å². The largest absolute Gasteiger partial charge is 0.372 e. The summed E-state index contributed by atoms with van der Waals surface area (Å²) in [5, 5.41) is 11.0. The van der Waals surface area contributed by atoms with Crippen molar-refractivity contribution in [3.63, 3.8) is 0 Å². The van der Waals surface area contributed by atoms with Crippen LogP contribution in [0.5, 0.6) is 0 Å². The Hall–Kier alpha value is -1.95. The highest BCUT2D eigenvalue weighted by Crippen LogP contribution is 2.25. The maximum absolute atomic E-state index is 4.61. The highest BCUT2D eigenvalue weighted by Gasteiger charge is 2.24. The molecule has 1 aliphatic rings. The number of nitrogens with zero attached hydrogens (tertiary/aromatic N) is 3. The molecule has 6 heteroatoms. The molecule has 0 amide bonds. The zero-order chi connectivity index (χ0) is 15.0. The third-order valence-electron chi connectivity index (χ3n) is 4.06. The Balaban J connectivity index is 2.04. The Kier molecular flexibility index (Phi) is 3.63. The summed E-state index contributed by atoms with van der Waals surface area (Å²) >= 11 is 0. The summed E-state index contributed by atoms with van der Waals surface area (Å²) in [4.78, 5) is 13.8. The summed E-state index contributed by atoms with van der Waals surface area (Å²) in [6, 6.07) is 2.42. The molecule has 0 aliphatic carbocycles. The fourth-order valence-corrected chi connectivity index (χ4v) is 2.89. The maximum atomic E-state index is 4.61. The van der Waals surface area contributed by atoms with E-state index in [4.69, 9.17) is 0 Å². The lowest BCUT2D eigenvalue weighted by atomic mass is 10.1. The van der Waals surface area contributed by atoms with Crippen LogP contribution in [0.15, 0.2) is 6.07 Å². The molecule has 1 fully saturated rings. The van der Waals surface area contributed by atoms with Crippen molar-refractivity contribution >= 4 is 22.8 Å². The predicted molar refractivity (Wildman–Crippen MR) is 85.8 cm³/mol. The van der Waals surface area contributed by atoms with Crippen LogP contribution in [-0.2, 0) is 0 Å². The van der Waals surface area contributed by atoms with E-state index < -0.39 is 0 Å². The Labute approximate surface area is 124 Å². The zero-order valence-corrected chi connectivity index (χ0v) is 13.0. The second kappa shape index (κ2) is 5.44. The van der Waals surface area contributed by atoms with E-state index in [1.165, 1.54) is 0 Å². The Bertz CT molecular complexity index is 669. The number of hydrogen-bond acceptors (Lipinski definition) is 6. The van der Waals surface area contributed by atoms with E-state index in [9.17, 15) is 0 Å². The first-order chi connectivity index (χ1) is 10.1. The van der Waals surface area contributed by atoms with Crippen molar-refractivity contribution in [3.05, 3.63) is 17.3 Å². The molecule has 0 aromatic carbocycles. The van der Waals surface area contributed by atoms with Gasteiger partial charge in [-0.05, 0) is 37.9 Å². The molecular weight excluding hydrogens is 264 g/mol. The molecule has 2 aromatic rings. The van der Waals surface area contributed by atoms with Crippen LogP contribution in [0.2, 0.25) is 0 Å². The highest BCUT2D eigenvalue weighted by molar-refractivity contribution is 5.90. The number of pyridine rings is 1. The highest BCUT2D eigenvalue weighted by atomic mass is 15.2. The van der Waals surface area contributed by atoms with E-state index in [2.05, 4.69) is 50.8 Å². The molecule has 112 valence electrons. The average molecular weight is 286 g/mol. The smallest absolute Gasteiger partial charge is 0.227 e. The first-order valence-corrected chi connectivity index (χ1v) is 7.39. The first kappa shape index (κ1) is 14.0. The fourth-order valence-electron chi connectivity index (χ4n) is 2.89. The van der Waals surface area contributed by atoms with Gasteiger partial charge in [-0.3, -0.25) is 0 Å². The molecule has 21 heavy (non-hydrogen) atoms. The normalized spacial score (nSPS) is 21.7. The van der Waals surface area contributed by atoms with Gasteiger partial charge in [-0.2, -0.15) is 9.97 Å². The van der Waals surface area contributed by atoms with Gasteiger partial charge >= 0.3 is 0 Å². The van der Waals surface area contributed by atoms with Crippen LogP contribution in [0.3, 0.4) is 0 Å². The Morgan fingerprint density at radius 2 is 2.00 bits per heavy atom. The number of aryl methyl sites for hydroxylation is 2. The van der Waals surface area contributed by atoms with Crippen LogP contribution in [0, 0.1) is 19.8 Å². The van der Waals surface area contributed by atoms with Gasteiger partial charge in [0.2, 0.25) is 5.95 Å². The zero-order valence-electron chi connectivity index (χ0n) is 13.0. The van der Waals surface area contributed by atoms with Crippen LogP contribution in [-0.4, -0.2) is 41.1 Å². The topological polar surface area (TPSA) is 74.8 Å². The van der Waals surface area contributed by atoms with E-state index in [0.29, 0.717) is 17.9 Å². The molecule has 0 unspecified atom stereocenters. The summed E-state index contributed by atoms with van der Waals surface area (Å²) < 4.78 is 0. The van der Waals surface area contributed by atoms with E-state index in [-0.39, 0.29) is 0 Å². The number of nitrogens with one attached hydrogen (secondary N) is 3. The van der Waals surface area contributed by atoms with Crippen molar-refractivity contribution < 1.29 is 0 Å². The van der Waals surface area contributed by atoms with Gasteiger partial charge in [0.1, 0.15) is 5.82 Å². The molecule has 2 atom stereocenters. The number of hydrogen-bond donors (Lipinski definition) is 3. The lowest BCUT2D eigenvalue weighted by Crippen LogP contribution is -2.28. The maximum Gasteiger partial charge on any atom is 0.227 e. The molecule has 0 spiro atoms.